The molecular formula is C11H17N3O3. The Kier molecular flexibility index (Phi) is 4.84. The second-order valence-corrected chi connectivity index (χ2v) is 3.88. The maximum absolute atomic E-state index is 11.6. The average Bonchev–Trinajstić information content (AvgIpc) is 2.68. The van der Waals surface area contributed by atoms with Gasteiger partial charge in [0.05, 0.1) is 5.69 Å². The number of hydrogen-bond acceptors (Lipinski definition) is 5. The molecule has 0 saturated heterocycles. The highest BCUT2D eigenvalue weighted by Gasteiger charge is 2.18. The Labute approximate surface area is 99.9 Å². The summed E-state index contributed by atoms with van der Waals surface area (Å²) < 4.78 is 6.47. The maximum Gasteiger partial charge on any atom is 0.361 e. The van der Waals surface area contributed by atoms with E-state index in [1.54, 1.807) is 11.6 Å². The number of aliphatic hydroxyl groups excluding tert-OH is 1. The summed E-state index contributed by atoms with van der Waals surface area (Å²) in [6.07, 6.45) is 1.49. The molecular weight excluding hydrogens is 222 g/mol. The minimum absolute atomic E-state index is 0.0624. The van der Waals surface area contributed by atoms with E-state index < -0.39 is 5.97 Å². The molecule has 0 aliphatic heterocycles. The third-order valence-corrected chi connectivity index (χ3v) is 2.30. The number of carbonyl (C=O) groups is 1. The molecule has 94 valence electrons. The standard InChI is InChI=1S/C11H17N3O3/c1-4-5-17-11(16)10-9(3)14(13-12-10)6-8(2)7-15/h4,8,15H,1,5-7H2,2-3H3. The Balaban J connectivity index is 2.76. The normalized spacial score (nSPS) is 12.2. The van der Waals surface area contributed by atoms with Crippen LogP contribution in [0.4, 0.5) is 0 Å². The third kappa shape index (κ3) is 3.39. The number of rotatable bonds is 6. The predicted octanol–water partition coefficient (Wildman–Crippen LogP) is 0.558. The van der Waals surface area contributed by atoms with Crippen molar-refractivity contribution < 1.29 is 14.6 Å². The number of aromatic nitrogens is 3. The molecule has 1 unspecified atom stereocenters. The largest absolute Gasteiger partial charge is 0.457 e. The van der Waals surface area contributed by atoms with Gasteiger partial charge in [0, 0.05) is 13.2 Å². The lowest BCUT2D eigenvalue weighted by molar-refractivity contribution is 0.0542. The molecule has 0 aliphatic carbocycles. The van der Waals surface area contributed by atoms with E-state index in [4.69, 9.17) is 9.84 Å². The maximum atomic E-state index is 11.6. The van der Waals surface area contributed by atoms with Crippen molar-refractivity contribution in [1.82, 2.24) is 15.0 Å². The Hall–Kier alpha value is -1.69. The molecule has 6 nitrogen and oxygen atoms in total. The Morgan fingerprint density at radius 2 is 2.41 bits per heavy atom. The lowest BCUT2D eigenvalue weighted by atomic mass is 10.2. The summed E-state index contributed by atoms with van der Waals surface area (Å²) in [7, 11) is 0. The summed E-state index contributed by atoms with van der Waals surface area (Å²) in [6, 6.07) is 0. The van der Waals surface area contributed by atoms with Gasteiger partial charge in [0.25, 0.3) is 0 Å². The minimum Gasteiger partial charge on any atom is -0.457 e. The van der Waals surface area contributed by atoms with Gasteiger partial charge in [-0.25, -0.2) is 9.48 Å². The highest BCUT2D eigenvalue weighted by molar-refractivity contribution is 5.88. The number of ether oxygens (including phenoxy) is 1. The van der Waals surface area contributed by atoms with Crippen molar-refractivity contribution in [2.45, 2.75) is 20.4 Å². The van der Waals surface area contributed by atoms with Gasteiger partial charge in [0.1, 0.15) is 6.61 Å². The first-order valence-electron chi connectivity index (χ1n) is 5.39. The van der Waals surface area contributed by atoms with Gasteiger partial charge in [0.2, 0.25) is 0 Å². The molecule has 1 atom stereocenters. The molecule has 0 aromatic carbocycles. The van der Waals surface area contributed by atoms with Crippen molar-refractivity contribution in [3.63, 3.8) is 0 Å². The van der Waals surface area contributed by atoms with Crippen molar-refractivity contribution in [3.05, 3.63) is 24.0 Å². The molecule has 1 aromatic rings. The SMILES string of the molecule is C=CCOC(=O)c1nnn(CC(C)CO)c1C. The van der Waals surface area contributed by atoms with Crippen LogP contribution in [-0.2, 0) is 11.3 Å². The fourth-order valence-electron chi connectivity index (χ4n) is 1.28. The van der Waals surface area contributed by atoms with Gasteiger partial charge in [-0.3, -0.25) is 0 Å². The monoisotopic (exact) mass is 239 g/mol. The second kappa shape index (κ2) is 6.15. The van der Waals surface area contributed by atoms with E-state index in [1.807, 2.05) is 6.92 Å². The zero-order valence-electron chi connectivity index (χ0n) is 10.1. The summed E-state index contributed by atoms with van der Waals surface area (Å²) in [5.74, 6) is -0.447. The van der Waals surface area contributed by atoms with Crippen LogP contribution in [0.1, 0.15) is 23.1 Å². The fourth-order valence-corrected chi connectivity index (χ4v) is 1.28. The number of esters is 1. The molecule has 0 fully saturated rings. The quantitative estimate of drug-likeness (QED) is 0.579. The molecule has 0 bridgehead atoms. The Morgan fingerprint density at radius 3 is 3.00 bits per heavy atom. The summed E-state index contributed by atoms with van der Waals surface area (Å²) in [6.45, 7) is 7.82. The first kappa shape index (κ1) is 13.4. The lowest BCUT2D eigenvalue weighted by Gasteiger charge is -2.08. The Morgan fingerprint density at radius 1 is 1.71 bits per heavy atom. The molecule has 1 N–H and O–H groups in total. The van der Waals surface area contributed by atoms with Crippen LogP contribution in [-0.4, -0.2) is 39.3 Å². The zero-order valence-corrected chi connectivity index (χ0v) is 10.1. The Bertz CT molecular complexity index is 401. The summed E-state index contributed by atoms with van der Waals surface area (Å²) in [5, 5.41) is 16.6. The van der Waals surface area contributed by atoms with Gasteiger partial charge in [0.15, 0.2) is 5.69 Å². The van der Waals surface area contributed by atoms with E-state index >= 15 is 0 Å². The van der Waals surface area contributed by atoms with Crippen LogP contribution >= 0.6 is 0 Å². The van der Waals surface area contributed by atoms with E-state index in [9.17, 15) is 4.79 Å². The molecule has 17 heavy (non-hydrogen) atoms. The molecule has 0 aliphatic rings. The highest BCUT2D eigenvalue weighted by Crippen LogP contribution is 2.08. The average molecular weight is 239 g/mol. The molecule has 6 heteroatoms. The highest BCUT2D eigenvalue weighted by atomic mass is 16.5. The van der Waals surface area contributed by atoms with Crippen LogP contribution in [0.5, 0.6) is 0 Å². The third-order valence-electron chi connectivity index (χ3n) is 2.30. The molecule has 1 heterocycles. The number of aliphatic hydroxyl groups is 1. The van der Waals surface area contributed by atoms with Gasteiger partial charge in [-0.05, 0) is 12.8 Å². The smallest absolute Gasteiger partial charge is 0.361 e. The number of nitrogens with zero attached hydrogens (tertiary/aromatic N) is 3. The van der Waals surface area contributed by atoms with E-state index in [1.165, 1.54) is 6.08 Å². The molecule has 1 rings (SSSR count). The van der Waals surface area contributed by atoms with Crippen LogP contribution in [0.25, 0.3) is 0 Å². The van der Waals surface area contributed by atoms with E-state index in [-0.39, 0.29) is 24.8 Å². The van der Waals surface area contributed by atoms with Crippen molar-refractivity contribution in [2.24, 2.45) is 5.92 Å². The number of hydrogen-bond donors (Lipinski definition) is 1. The van der Waals surface area contributed by atoms with Gasteiger partial charge in [-0.15, -0.1) is 5.10 Å². The number of carbonyl (C=O) groups excluding carboxylic acids is 1. The van der Waals surface area contributed by atoms with E-state index in [0.29, 0.717) is 12.2 Å². The molecule has 0 radical (unpaired) electrons. The van der Waals surface area contributed by atoms with E-state index in [2.05, 4.69) is 16.9 Å². The van der Waals surface area contributed by atoms with Crippen LogP contribution < -0.4 is 0 Å². The molecule has 0 spiro atoms. The van der Waals surface area contributed by atoms with Crippen molar-refractivity contribution in [1.29, 1.82) is 0 Å². The first-order chi connectivity index (χ1) is 8.10. The van der Waals surface area contributed by atoms with Gasteiger partial charge < -0.3 is 9.84 Å². The topological polar surface area (TPSA) is 77.2 Å². The van der Waals surface area contributed by atoms with Crippen molar-refractivity contribution >= 4 is 5.97 Å². The first-order valence-corrected chi connectivity index (χ1v) is 5.39. The van der Waals surface area contributed by atoms with Crippen molar-refractivity contribution in [2.75, 3.05) is 13.2 Å². The predicted molar refractivity (Wildman–Crippen MR) is 61.5 cm³/mol. The lowest BCUT2D eigenvalue weighted by Crippen LogP contribution is -2.14. The second-order valence-electron chi connectivity index (χ2n) is 3.88. The van der Waals surface area contributed by atoms with Gasteiger partial charge >= 0.3 is 5.97 Å². The fraction of sp³-hybridized carbons (Fsp3) is 0.545. The zero-order chi connectivity index (χ0) is 12.8. The molecule has 1 aromatic heterocycles. The molecule has 0 saturated carbocycles. The van der Waals surface area contributed by atoms with Gasteiger partial charge in [-0.1, -0.05) is 24.8 Å². The van der Waals surface area contributed by atoms with Crippen LogP contribution in [0.15, 0.2) is 12.7 Å². The molecule has 0 amide bonds. The summed E-state index contributed by atoms with van der Waals surface area (Å²) in [5.41, 5.74) is 0.844. The van der Waals surface area contributed by atoms with Crippen molar-refractivity contribution in [3.8, 4) is 0 Å². The van der Waals surface area contributed by atoms with Crippen LogP contribution in [0.3, 0.4) is 0 Å². The van der Waals surface area contributed by atoms with E-state index in [0.717, 1.165) is 0 Å². The minimum atomic E-state index is -0.509. The van der Waals surface area contributed by atoms with Crippen LogP contribution in [0.2, 0.25) is 0 Å². The summed E-state index contributed by atoms with van der Waals surface area (Å²) >= 11 is 0. The summed E-state index contributed by atoms with van der Waals surface area (Å²) in [4.78, 5) is 11.6. The van der Waals surface area contributed by atoms with Crippen LogP contribution in [0, 0.1) is 12.8 Å². The van der Waals surface area contributed by atoms with Gasteiger partial charge in [-0.2, -0.15) is 0 Å².